The molecule has 33 heavy (non-hydrogen) atoms. The van der Waals surface area contributed by atoms with Crippen LogP contribution in [-0.2, 0) is 15.1 Å². The molecule has 4 aliphatic carbocycles. The van der Waals surface area contributed by atoms with Crippen molar-refractivity contribution in [3.05, 3.63) is 35.8 Å². The van der Waals surface area contributed by atoms with E-state index in [1.54, 1.807) is 16.7 Å². The van der Waals surface area contributed by atoms with Crippen molar-refractivity contribution in [3.8, 4) is 0 Å². The van der Waals surface area contributed by atoms with Gasteiger partial charge in [0.05, 0.1) is 13.2 Å². The van der Waals surface area contributed by atoms with Gasteiger partial charge in [-0.2, -0.15) is 0 Å². The Morgan fingerprint density at radius 2 is 1.79 bits per heavy atom. The van der Waals surface area contributed by atoms with Crippen LogP contribution >= 0.6 is 0 Å². The summed E-state index contributed by atoms with van der Waals surface area (Å²) in [4.78, 5) is 29.4. The highest BCUT2D eigenvalue weighted by atomic mass is 16.7. The van der Waals surface area contributed by atoms with Gasteiger partial charge < -0.3 is 19.9 Å². The van der Waals surface area contributed by atoms with Crippen molar-refractivity contribution in [1.82, 2.24) is 14.7 Å². The van der Waals surface area contributed by atoms with Gasteiger partial charge in [-0.1, -0.05) is 6.07 Å². The highest BCUT2D eigenvalue weighted by Crippen LogP contribution is 2.59. The number of fused-ring (bicyclic) bond motifs is 1. The summed E-state index contributed by atoms with van der Waals surface area (Å²) in [5.41, 5.74) is 0.846. The van der Waals surface area contributed by atoms with Gasteiger partial charge in [0, 0.05) is 25.6 Å². The number of nitrogens with zero attached hydrogens (tertiary/aromatic N) is 2. The van der Waals surface area contributed by atoms with Crippen LogP contribution in [0.3, 0.4) is 0 Å². The fourth-order valence-electron chi connectivity index (χ4n) is 7.56. The molecule has 4 saturated carbocycles. The molecule has 5 aliphatic rings. The second kappa shape index (κ2) is 7.72. The second-order valence-electron chi connectivity index (χ2n) is 10.8. The monoisotopic (exact) mass is 453 g/mol. The summed E-state index contributed by atoms with van der Waals surface area (Å²) in [6.07, 6.45) is 9.11. The summed E-state index contributed by atoms with van der Waals surface area (Å²) < 4.78 is 12.5. The maximum Gasteiger partial charge on any atom is 0.506 e. The molecule has 3 heterocycles. The number of rotatable bonds is 5. The molecule has 1 saturated heterocycles. The molecule has 2 aromatic rings. The van der Waals surface area contributed by atoms with Crippen LogP contribution in [0.5, 0.6) is 0 Å². The summed E-state index contributed by atoms with van der Waals surface area (Å²) in [6, 6.07) is 5.44. The highest BCUT2D eigenvalue weighted by molar-refractivity contribution is 5.93. The maximum atomic E-state index is 13.3. The number of hydrogen-bond acceptors (Lipinski definition) is 5. The van der Waals surface area contributed by atoms with Crippen LogP contribution in [0.4, 0.5) is 4.79 Å². The standard InChI is InChI=1S/C25H31N3O5/c29-22(26-15-24-11-16-8-17(12-24)10-18(9-16)13-24)19-2-1-3-21-27-20(14-28(19)21)25(33-23(30)31)4-6-32-7-5-25/h1-3,14,16-18H,4-13,15H2,(H,26,29)(H,30,31). The number of aromatic nitrogens is 2. The summed E-state index contributed by atoms with van der Waals surface area (Å²) in [5.74, 6) is 2.42. The van der Waals surface area contributed by atoms with Crippen molar-refractivity contribution in [2.24, 2.45) is 23.2 Å². The summed E-state index contributed by atoms with van der Waals surface area (Å²) in [5, 5.41) is 12.6. The number of carbonyl (C=O) groups excluding carboxylic acids is 1. The minimum absolute atomic E-state index is 0.111. The molecule has 2 aromatic heterocycles. The topological polar surface area (TPSA) is 102 Å². The van der Waals surface area contributed by atoms with E-state index in [0.29, 0.717) is 43.1 Å². The first-order valence-corrected chi connectivity index (χ1v) is 12.2. The Kier molecular flexibility index (Phi) is 4.90. The normalized spacial score (nSPS) is 32.1. The van der Waals surface area contributed by atoms with E-state index in [0.717, 1.165) is 24.3 Å². The van der Waals surface area contributed by atoms with Gasteiger partial charge in [0.1, 0.15) is 17.0 Å². The number of amides is 1. The SMILES string of the molecule is O=C(O)OC1(c2cn3c(C(=O)NCC45CC6CC(CC(C6)C4)C5)cccc3n2)CCOCC1. The fraction of sp³-hybridized carbons (Fsp3) is 0.640. The largest absolute Gasteiger partial charge is 0.506 e. The quantitative estimate of drug-likeness (QED) is 0.664. The molecule has 8 nitrogen and oxygen atoms in total. The molecule has 0 aromatic carbocycles. The fourth-order valence-corrected chi connectivity index (χ4v) is 7.56. The van der Waals surface area contributed by atoms with Crippen LogP contribution in [0, 0.1) is 23.2 Å². The molecular formula is C25H31N3O5. The van der Waals surface area contributed by atoms with Gasteiger partial charge in [0.2, 0.25) is 0 Å². The molecule has 0 unspecified atom stereocenters. The Morgan fingerprint density at radius 3 is 2.42 bits per heavy atom. The third kappa shape index (κ3) is 3.68. The molecule has 0 spiro atoms. The van der Waals surface area contributed by atoms with E-state index in [1.165, 1.54) is 38.5 Å². The van der Waals surface area contributed by atoms with Crippen molar-refractivity contribution < 1.29 is 24.2 Å². The van der Waals surface area contributed by atoms with Gasteiger partial charge in [-0.25, -0.2) is 9.78 Å². The summed E-state index contributed by atoms with van der Waals surface area (Å²) in [6.45, 7) is 1.54. The van der Waals surface area contributed by atoms with Gasteiger partial charge >= 0.3 is 6.16 Å². The number of carboxylic acid groups (broad SMARTS) is 1. The van der Waals surface area contributed by atoms with Crippen LogP contribution in [0.1, 0.15) is 67.5 Å². The number of pyridine rings is 1. The van der Waals surface area contributed by atoms with E-state index < -0.39 is 11.8 Å². The van der Waals surface area contributed by atoms with Crippen LogP contribution in [0.15, 0.2) is 24.4 Å². The van der Waals surface area contributed by atoms with Gasteiger partial charge in [-0.3, -0.25) is 9.20 Å². The average Bonchev–Trinajstić information content (AvgIpc) is 3.22. The molecule has 0 radical (unpaired) electrons. The molecule has 7 rings (SSSR count). The predicted octanol–water partition coefficient (Wildman–Crippen LogP) is 3.98. The molecule has 8 heteroatoms. The van der Waals surface area contributed by atoms with E-state index >= 15 is 0 Å². The smallest absolute Gasteiger partial charge is 0.450 e. The van der Waals surface area contributed by atoms with Crippen LogP contribution in [0.2, 0.25) is 0 Å². The summed E-state index contributed by atoms with van der Waals surface area (Å²) >= 11 is 0. The Hall–Kier alpha value is -2.61. The zero-order chi connectivity index (χ0) is 22.6. The molecule has 0 atom stereocenters. The number of imidazole rings is 1. The zero-order valence-corrected chi connectivity index (χ0v) is 18.8. The number of nitrogens with one attached hydrogen (secondary N) is 1. The first-order valence-electron chi connectivity index (χ1n) is 12.2. The lowest BCUT2D eigenvalue weighted by molar-refractivity contribution is -0.0918. The molecular weight excluding hydrogens is 422 g/mol. The van der Waals surface area contributed by atoms with E-state index in [-0.39, 0.29) is 11.3 Å². The lowest BCUT2D eigenvalue weighted by atomic mass is 9.49. The third-order valence-corrected chi connectivity index (χ3v) is 8.56. The van der Waals surface area contributed by atoms with Crippen LogP contribution in [-0.4, -0.2) is 46.3 Å². The van der Waals surface area contributed by atoms with Crippen molar-refractivity contribution in [1.29, 1.82) is 0 Å². The first kappa shape index (κ1) is 21.0. The Balaban J connectivity index is 1.25. The molecule has 2 N–H and O–H groups in total. The molecule has 4 bridgehead atoms. The van der Waals surface area contributed by atoms with E-state index in [1.807, 2.05) is 12.1 Å². The number of carbonyl (C=O) groups is 2. The zero-order valence-electron chi connectivity index (χ0n) is 18.8. The maximum absolute atomic E-state index is 13.3. The minimum Gasteiger partial charge on any atom is -0.450 e. The Labute approximate surface area is 192 Å². The molecule has 1 aliphatic heterocycles. The van der Waals surface area contributed by atoms with Crippen LogP contribution < -0.4 is 5.32 Å². The van der Waals surface area contributed by atoms with E-state index in [2.05, 4.69) is 10.3 Å². The van der Waals surface area contributed by atoms with E-state index in [4.69, 9.17) is 9.47 Å². The van der Waals surface area contributed by atoms with Gasteiger partial charge in [-0.05, 0) is 73.8 Å². The highest BCUT2D eigenvalue weighted by Gasteiger charge is 2.50. The van der Waals surface area contributed by atoms with Gasteiger partial charge in [0.25, 0.3) is 5.91 Å². The second-order valence-corrected chi connectivity index (χ2v) is 10.8. The van der Waals surface area contributed by atoms with Crippen LogP contribution in [0.25, 0.3) is 5.65 Å². The minimum atomic E-state index is -1.33. The molecule has 5 fully saturated rings. The summed E-state index contributed by atoms with van der Waals surface area (Å²) in [7, 11) is 0. The van der Waals surface area contributed by atoms with Crippen molar-refractivity contribution in [2.75, 3.05) is 19.8 Å². The number of hydrogen-bond donors (Lipinski definition) is 2. The van der Waals surface area contributed by atoms with E-state index in [9.17, 15) is 14.7 Å². The lowest BCUT2D eigenvalue weighted by Gasteiger charge is -2.56. The van der Waals surface area contributed by atoms with Crippen molar-refractivity contribution in [2.45, 2.75) is 57.0 Å². The first-order chi connectivity index (χ1) is 15.9. The molecule has 1 amide bonds. The van der Waals surface area contributed by atoms with Gasteiger partial charge in [0.15, 0.2) is 5.60 Å². The average molecular weight is 454 g/mol. The molecule has 176 valence electrons. The Bertz CT molecular complexity index is 1050. The Morgan fingerprint density at radius 1 is 1.12 bits per heavy atom. The van der Waals surface area contributed by atoms with Crippen molar-refractivity contribution >= 4 is 17.7 Å². The third-order valence-electron chi connectivity index (χ3n) is 8.56. The predicted molar refractivity (Wildman–Crippen MR) is 119 cm³/mol. The number of ether oxygens (including phenoxy) is 2. The lowest BCUT2D eigenvalue weighted by Crippen LogP contribution is -2.51. The van der Waals surface area contributed by atoms with Crippen molar-refractivity contribution in [3.63, 3.8) is 0 Å². The van der Waals surface area contributed by atoms with Gasteiger partial charge in [-0.15, -0.1) is 0 Å².